The molecule has 8 nitrogen and oxygen atoms in total. The minimum absolute atomic E-state index is 0. The first-order valence-electron chi connectivity index (χ1n) is 10.2. The summed E-state index contributed by atoms with van der Waals surface area (Å²) in [5.74, 6) is 3.67. The minimum Gasteiger partial charge on any atom is -0.495 e. The summed E-state index contributed by atoms with van der Waals surface area (Å²) in [6.07, 6.45) is 3.17. The van der Waals surface area contributed by atoms with E-state index < -0.39 is 0 Å². The second-order valence-electron chi connectivity index (χ2n) is 7.37. The van der Waals surface area contributed by atoms with Gasteiger partial charge in [0.15, 0.2) is 11.8 Å². The van der Waals surface area contributed by atoms with Crippen LogP contribution >= 0.6 is 35.6 Å². The third-order valence-corrected chi connectivity index (χ3v) is 5.65. The van der Waals surface area contributed by atoms with E-state index in [1.54, 1.807) is 7.11 Å². The van der Waals surface area contributed by atoms with Crippen LogP contribution in [0.5, 0.6) is 5.75 Å². The second-order valence-corrected chi connectivity index (χ2v) is 7.81. The maximum atomic E-state index is 6.20. The lowest BCUT2D eigenvalue weighted by Crippen LogP contribution is -2.44. The first-order chi connectivity index (χ1) is 14.2. The molecule has 1 unspecified atom stereocenters. The number of benzene rings is 1. The summed E-state index contributed by atoms with van der Waals surface area (Å²) >= 11 is 6.20. The molecule has 0 radical (unpaired) electrons. The summed E-state index contributed by atoms with van der Waals surface area (Å²) < 4.78 is 7.70. The molecule has 0 saturated carbocycles. The molecule has 1 fully saturated rings. The van der Waals surface area contributed by atoms with Crippen LogP contribution in [-0.2, 0) is 19.5 Å². The van der Waals surface area contributed by atoms with Crippen LogP contribution in [-0.4, -0.2) is 53.5 Å². The van der Waals surface area contributed by atoms with Crippen LogP contribution in [0.3, 0.4) is 0 Å². The smallest absolute Gasteiger partial charge is 0.191 e. The van der Waals surface area contributed by atoms with Gasteiger partial charge in [-0.25, -0.2) is 4.99 Å². The van der Waals surface area contributed by atoms with Gasteiger partial charge in [-0.2, -0.15) is 0 Å². The predicted octanol–water partition coefficient (Wildman–Crippen LogP) is 2.84. The number of aromatic nitrogens is 3. The van der Waals surface area contributed by atoms with Crippen molar-refractivity contribution in [2.24, 2.45) is 4.99 Å². The molecule has 1 saturated heterocycles. The average Bonchev–Trinajstić information content (AvgIpc) is 3.44. The van der Waals surface area contributed by atoms with E-state index in [9.17, 15) is 0 Å². The molecule has 164 valence electrons. The summed E-state index contributed by atoms with van der Waals surface area (Å²) in [4.78, 5) is 7.05. The first kappa shape index (κ1) is 22.9. The SMILES string of the molecule is CCNC(=NCc1nnc2n1CCC2)NC1CCN(c2cc(Cl)ccc2OC)C1.I. The van der Waals surface area contributed by atoms with Gasteiger partial charge in [0, 0.05) is 43.7 Å². The van der Waals surface area contributed by atoms with Crippen molar-refractivity contribution in [2.45, 2.75) is 45.3 Å². The monoisotopic (exact) mass is 545 g/mol. The van der Waals surface area contributed by atoms with E-state index >= 15 is 0 Å². The zero-order chi connectivity index (χ0) is 20.2. The number of aryl methyl sites for hydroxylation is 1. The Morgan fingerprint density at radius 2 is 2.20 bits per heavy atom. The number of nitrogens with one attached hydrogen (secondary N) is 2. The molecule has 2 aliphatic rings. The van der Waals surface area contributed by atoms with Crippen molar-refractivity contribution >= 4 is 47.2 Å². The number of hydrogen-bond acceptors (Lipinski definition) is 5. The molecule has 0 spiro atoms. The number of halogens is 2. The molecule has 10 heteroatoms. The van der Waals surface area contributed by atoms with Crippen LogP contribution in [0.25, 0.3) is 0 Å². The molecular weight excluding hydrogens is 517 g/mol. The van der Waals surface area contributed by atoms with Crippen molar-refractivity contribution in [1.82, 2.24) is 25.4 Å². The Bertz CT molecular complexity index is 888. The van der Waals surface area contributed by atoms with Crippen molar-refractivity contribution < 1.29 is 4.74 Å². The van der Waals surface area contributed by atoms with Crippen molar-refractivity contribution in [3.8, 4) is 5.75 Å². The van der Waals surface area contributed by atoms with Gasteiger partial charge in [0.05, 0.1) is 12.8 Å². The maximum absolute atomic E-state index is 6.20. The van der Waals surface area contributed by atoms with Gasteiger partial charge in [-0.1, -0.05) is 11.6 Å². The summed E-state index contributed by atoms with van der Waals surface area (Å²) in [5.41, 5.74) is 1.03. The lowest BCUT2D eigenvalue weighted by molar-refractivity contribution is 0.415. The molecule has 2 N–H and O–H groups in total. The number of nitrogens with zero attached hydrogens (tertiary/aromatic N) is 5. The molecule has 1 aromatic heterocycles. The molecule has 2 aromatic rings. The maximum Gasteiger partial charge on any atom is 0.191 e. The van der Waals surface area contributed by atoms with Gasteiger partial charge in [0.25, 0.3) is 0 Å². The quantitative estimate of drug-likeness (QED) is 0.330. The molecule has 1 atom stereocenters. The van der Waals surface area contributed by atoms with Gasteiger partial charge < -0.3 is 24.8 Å². The van der Waals surface area contributed by atoms with Crippen LogP contribution in [0, 0.1) is 0 Å². The highest BCUT2D eigenvalue weighted by molar-refractivity contribution is 14.0. The highest BCUT2D eigenvalue weighted by atomic mass is 127. The number of fused-ring (bicyclic) bond motifs is 1. The Balaban J connectivity index is 0.00000256. The van der Waals surface area contributed by atoms with E-state index in [0.29, 0.717) is 17.6 Å². The van der Waals surface area contributed by atoms with E-state index in [0.717, 1.165) is 74.5 Å². The van der Waals surface area contributed by atoms with Gasteiger partial charge in [0.2, 0.25) is 0 Å². The minimum atomic E-state index is 0. The molecule has 4 rings (SSSR count). The lowest BCUT2D eigenvalue weighted by atomic mass is 10.2. The normalized spacial score (nSPS) is 18.2. The first-order valence-corrected chi connectivity index (χ1v) is 10.6. The number of ether oxygens (including phenoxy) is 1. The van der Waals surface area contributed by atoms with E-state index in [2.05, 4.69) is 37.2 Å². The van der Waals surface area contributed by atoms with Crippen molar-refractivity contribution in [3.63, 3.8) is 0 Å². The lowest BCUT2D eigenvalue weighted by Gasteiger charge is -2.22. The number of anilines is 1. The Hall–Kier alpha value is -1.75. The van der Waals surface area contributed by atoms with Gasteiger partial charge in [-0.05, 0) is 38.0 Å². The van der Waals surface area contributed by atoms with Gasteiger partial charge >= 0.3 is 0 Å². The molecule has 2 aliphatic heterocycles. The highest BCUT2D eigenvalue weighted by Gasteiger charge is 2.26. The Labute approximate surface area is 199 Å². The number of methoxy groups -OCH3 is 1. The molecule has 0 aliphatic carbocycles. The van der Waals surface area contributed by atoms with Crippen LogP contribution < -0.4 is 20.3 Å². The highest BCUT2D eigenvalue weighted by Crippen LogP contribution is 2.33. The van der Waals surface area contributed by atoms with Crippen LogP contribution in [0.2, 0.25) is 5.02 Å². The van der Waals surface area contributed by atoms with Crippen LogP contribution in [0.15, 0.2) is 23.2 Å². The van der Waals surface area contributed by atoms with Crippen molar-refractivity contribution in [2.75, 3.05) is 31.6 Å². The fourth-order valence-corrected chi connectivity index (χ4v) is 4.16. The molecular formula is C20H29ClIN7O. The van der Waals surface area contributed by atoms with Crippen molar-refractivity contribution in [3.05, 3.63) is 34.9 Å². The molecule has 0 bridgehead atoms. The zero-order valence-electron chi connectivity index (χ0n) is 17.4. The Morgan fingerprint density at radius 1 is 1.33 bits per heavy atom. The molecule has 0 amide bonds. The zero-order valence-corrected chi connectivity index (χ0v) is 20.5. The third-order valence-electron chi connectivity index (χ3n) is 5.42. The predicted molar refractivity (Wildman–Crippen MR) is 130 cm³/mol. The van der Waals surface area contributed by atoms with Gasteiger partial charge in [0.1, 0.15) is 18.1 Å². The summed E-state index contributed by atoms with van der Waals surface area (Å²) in [5, 5.41) is 16.2. The third kappa shape index (κ3) is 5.11. The second kappa shape index (κ2) is 10.5. The van der Waals surface area contributed by atoms with E-state index in [-0.39, 0.29) is 24.0 Å². The van der Waals surface area contributed by atoms with Crippen molar-refractivity contribution in [1.29, 1.82) is 0 Å². The summed E-state index contributed by atoms with van der Waals surface area (Å²) in [7, 11) is 1.69. The Kier molecular flexibility index (Phi) is 8.04. The standard InChI is InChI=1S/C20H28ClN7O.HI/c1-3-22-20(23-12-19-26-25-18-5-4-9-28(18)19)24-15-8-10-27(13-15)16-11-14(21)6-7-17(16)29-2;/h6-7,11,15H,3-5,8-10,12-13H2,1-2H3,(H2,22,23,24);1H. The van der Waals surface area contributed by atoms with Gasteiger partial charge in [-0.15, -0.1) is 34.2 Å². The number of rotatable bonds is 6. The Morgan fingerprint density at radius 3 is 3.00 bits per heavy atom. The summed E-state index contributed by atoms with van der Waals surface area (Å²) in [6, 6.07) is 6.03. The number of hydrogen-bond donors (Lipinski definition) is 2. The van der Waals surface area contributed by atoms with E-state index in [1.807, 2.05) is 18.2 Å². The number of guanidine groups is 1. The van der Waals surface area contributed by atoms with E-state index in [1.165, 1.54) is 0 Å². The largest absolute Gasteiger partial charge is 0.495 e. The van der Waals surface area contributed by atoms with Gasteiger partial charge in [-0.3, -0.25) is 0 Å². The fourth-order valence-electron chi connectivity index (χ4n) is 4.00. The number of aliphatic imine (C=N–C) groups is 1. The average molecular weight is 546 g/mol. The fraction of sp³-hybridized carbons (Fsp3) is 0.550. The van der Waals surface area contributed by atoms with Crippen LogP contribution in [0.4, 0.5) is 5.69 Å². The molecule has 3 heterocycles. The van der Waals surface area contributed by atoms with E-state index in [4.69, 9.17) is 21.3 Å². The summed E-state index contributed by atoms with van der Waals surface area (Å²) in [6.45, 7) is 6.20. The molecule has 1 aromatic carbocycles. The van der Waals surface area contributed by atoms with Crippen LogP contribution in [0.1, 0.15) is 31.4 Å². The molecule has 30 heavy (non-hydrogen) atoms. The topological polar surface area (TPSA) is 79.6 Å².